The van der Waals surface area contributed by atoms with Crippen LogP contribution < -0.4 is 10.1 Å². The van der Waals surface area contributed by atoms with Crippen molar-refractivity contribution in [2.45, 2.75) is 63.5 Å². The SMILES string of the molecule is O=C(NC1CCc2ccc(C(=O)N3CCC4(CCC(Oc5ccncc5)CC4)CC3)cc21)c1ccccc1Cl. The highest BCUT2D eigenvalue weighted by Gasteiger charge is 2.40. The van der Waals surface area contributed by atoms with E-state index in [-0.39, 0.29) is 24.0 Å². The molecule has 1 spiro atoms. The number of piperidine rings is 1. The van der Waals surface area contributed by atoms with Gasteiger partial charge in [-0.15, -0.1) is 0 Å². The van der Waals surface area contributed by atoms with Gasteiger partial charge in [0.15, 0.2) is 0 Å². The predicted molar refractivity (Wildman–Crippen MR) is 151 cm³/mol. The molecule has 7 heteroatoms. The van der Waals surface area contributed by atoms with Gasteiger partial charge in [-0.05, 0) is 104 Å². The van der Waals surface area contributed by atoms with E-state index >= 15 is 0 Å². The van der Waals surface area contributed by atoms with Gasteiger partial charge in [0.25, 0.3) is 11.8 Å². The molecule has 2 heterocycles. The molecule has 1 saturated heterocycles. The number of hydrogen-bond acceptors (Lipinski definition) is 4. The summed E-state index contributed by atoms with van der Waals surface area (Å²) in [6, 6.07) is 16.8. The van der Waals surface area contributed by atoms with Crippen molar-refractivity contribution in [3.63, 3.8) is 0 Å². The van der Waals surface area contributed by atoms with E-state index in [9.17, 15) is 9.59 Å². The maximum atomic E-state index is 13.5. The Morgan fingerprint density at radius 3 is 2.44 bits per heavy atom. The Labute approximate surface area is 234 Å². The predicted octanol–water partition coefficient (Wildman–Crippen LogP) is 6.40. The van der Waals surface area contributed by atoms with Crippen LogP contribution in [-0.2, 0) is 6.42 Å². The fourth-order valence-corrected chi connectivity index (χ4v) is 6.79. The van der Waals surface area contributed by atoms with Crippen LogP contribution in [0.2, 0.25) is 5.02 Å². The molecule has 0 radical (unpaired) electrons. The molecule has 0 bridgehead atoms. The average molecular weight is 544 g/mol. The number of aryl methyl sites for hydroxylation is 1. The molecule has 1 saturated carbocycles. The van der Waals surface area contributed by atoms with Gasteiger partial charge in [-0.1, -0.05) is 29.8 Å². The summed E-state index contributed by atoms with van der Waals surface area (Å²) in [6.07, 6.45) is 12.0. The number of carbonyl (C=O) groups is 2. The largest absolute Gasteiger partial charge is 0.490 e. The van der Waals surface area contributed by atoms with E-state index < -0.39 is 0 Å². The smallest absolute Gasteiger partial charge is 0.253 e. The summed E-state index contributed by atoms with van der Waals surface area (Å²) in [6.45, 7) is 1.58. The number of carbonyl (C=O) groups excluding carboxylic acids is 2. The molecule has 39 heavy (non-hydrogen) atoms. The van der Waals surface area contributed by atoms with Crippen molar-refractivity contribution in [1.29, 1.82) is 0 Å². The molecule has 3 aromatic rings. The van der Waals surface area contributed by atoms with Gasteiger partial charge in [-0.2, -0.15) is 0 Å². The van der Waals surface area contributed by atoms with Crippen LogP contribution in [0.4, 0.5) is 0 Å². The first-order valence-corrected chi connectivity index (χ1v) is 14.4. The monoisotopic (exact) mass is 543 g/mol. The van der Waals surface area contributed by atoms with Crippen LogP contribution in [0, 0.1) is 5.41 Å². The molecule has 1 atom stereocenters. The minimum absolute atomic E-state index is 0.0884. The number of amides is 2. The number of ether oxygens (including phenoxy) is 1. The second-order valence-electron chi connectivity index (χ2n) is 11.3. The third kappa shape index (κ3) is 5.53. The van der Waals surface area contributed by atoms with Crippen molar-refractivity contribution < 1.29 is 14.3 Å². The van der Waals surface area contributed by atoms with Crippen LogP contribution in [0.5, 0.6) is 5.75 Å². The number of aromatic nitrogens is 1. The molecule has 6 rings (SSSR count). The lowest BCUT2D eigenvalue weighted by molar-refractivity contribution is 0.0239. The van der Waals surface area contributed by atoms with Gasteiger partial charge in [-0.3, -0.25) is 14.6 Å². The summed E-state index contributed by atoms with van der Waals surface area (Å²) in [5.41, 5.74) is 3.74. The lowest BCUT2D eigenvalue weighted by atomic mass is 9.67. The summed E-state index contributed by atoms with van der Waals surface area (Å²) in [4.78, 5) is 32.5. The van der Waals surface area contributed by atoms with Crippen LogP contribution in [0.15, 0.2) is 67.0 Å². The van der Waals surface area contributed by atoms with E-state index in [0.717, 1.165) is 75.8 Å². The molecule has 2 aliphatic carbocycles. The van der Waals surface area contributed by atoms with Gasteiger partial charge < -0.3 is 15.0 Å². The van der Waals surface area contributed by atoms with E-state index in [1.807, 2.05) is 41.3 Å². The lowest BCUT2D eigenvalue weighted by Gasteiger charge is -2.45. The molecule has 6 nitrogen and oxygen atoms in total. The zero-order valence-corrected chi connectivity index (χ0v) is 22.8. The lowest BCUT2D eigenvalue weighted by Crippen LogP contribution is -2.45. The van der Waals surface area contributed by atoms with Gasteiger partial charge in [0.2, 0.25) is 0 Å². The van der Waals surface area contributed by atoms with Crippen molar-refractivity contribution in [3.8, 4) is 5.75 Å². The number of benzene rings is 2. The molecular formula is C32H34ClN3O3. The van der Waals surface area contributed by atoms with Crippen molar-refractivity contribution in [2.24, 2.45) is 5.41 Å². The Bertz CT molecular complexity index is 1340. The van der Waals surface area contributed by atoms with Crippen LogP contribution in [-0.4, -0.2) is 40.9 Å². The number of rotatable bonds is 5. The molecule has 1 aromatic heterocycles. The van der Waals surface area contributed by atoms with E-state index in [1.165, 1.54) is 5.56 Å². The molecule has 1 aliphatic heterocycles. The second-order valence-corrected chi connectivity index (χ2v) is 11.7. The highest BCUT2D eigenvalue weighted by molar-refractivity contribution is 6.33. The minimum atomic E-state index is -0.183. The fourth-order valence-electron chi connectivity index (χ4n) is 6.56. The quantitative estimate of drug-likeness (QED) is 0.404. The highest BCUT2D eigenvalue weighted by atomic mass is 35.5. The normalized spacial score (nSPS) is 20.4. The zero-order valence-electron chi connectivity index (χ0n) is 22.1. The van der Waals surface area contributed by atoms with E-state index in [1.54, 1.807) is 24.5 Å². The second kappa shape index (κ2) is 11.0. The van der Waals surface area contributed by atoms with Crippen LogP contribution in [0.1, 0.15) is 82.8 Å². The number of fused-ring (bicyclic) bond motifs is 1. The van der Waals surface area contributed by atoms with Gasteiger partial charge in [0, 0.05) is 31.0 Å². The summed E-state index contributed by atoms with van der Waals surface area (Å²) in [5.74, 6) is 0.800. The average Bonchev–Trinajstić information content (AvgIpc) is 3.37. The highest BCUT2D eigenvalue weighted by Crippen LogP contribution is 2.45. The van der Waals surface area contributed by atoms with Crippen LogP contribution in [0.3, 0.4) is 0 Å². The first-order valence-electron chi connectivity index (χ1n) is 14.0. The van der Waals surface area contributed by atoms with Crippen molar-refractivity contribution >= 4 is 23.4 Å². The van der Waals surface area contributed by atoms with Crippen molar-refractivity contribution in [1.82, 2.24) is 15.2 Å². The third-order valence-corrected chi connectivity index (χ3v) is 9.28. The standard InChI is InChI=1S/C32H34ClN3O3/c33-28-4-2-1-3-26(28)30(37)35-29-8-7-22-5-6-23(21-27(22)29)31(38)36-19-15-32(16-20-36)13-9-24(10-14-32)39-25-11-17-34-18-12-25/h1-6,11-12,17-18,21,24,29H,7-10,13-16,19-20H2,(H,35,37). The Morgan fingerprint density at radius 1 is 0.949 bits per heavy atom. The first-order chi connectivity index (χ1) is 19.0. The molecule has 202 valence electrons. The first kappa shape index (κ1) is 25.9. The number of nitrogens with one attached hydrogen (secondary N) is 1. The summed E-state index contributed by atoms with van der Waals surface area (Å²) >= 11 is 6.23. The number of pyridine rings is 1. The maximum absolute atomic E-state index is 13.5. The number of nitrogens with zero attached hydrogens (tertiary/aromatic N) is 2. The molecule has 1 N–H and O–H groups in total. The zero-order chi connectivity index (χ0) is 26.8. The maximum Gasteiger partial charge on any atom is 0.253 e. The fraction of sp³-hybridized carbons (Fsp3) is 0.406. The van der Waals surface area contributed by atoms with Crippen LogP contribution in [0.25, 0.3) is 0 Å². The van der Waals surface area contributed by atoms with Crippen LogP contribution >= 0.6 is 11.6 Å². The van der Waals surface area contributed by atoms with Crippen molar-refractivity contribution in [3.05, 3.63) is 94.3 Å². The molecule has 1 unspecified atom stereocenters. The summed E-state index contributed by atoms with van der Waals surface area (Å²) in [5, 5.41) is 3.57. The molecule has 2 amide bonds. The molecule has 2 aromatic carbocycles. The molecule has 3 aliphatic rings. The molecular weight excluding hydrogens is 510 g/mol. The number of hydrogen-bond donors (Lipinski definition) is 1. The van der Waals surface area contributed by atoms with E-state index in [2.05, 4.69) is 16.4 Å². The third-order valence-electron chi connectivity index (χ3n) is 8.95. The number of halogens is 1. The minimum Gasteiger partial charge on any atom is -0.490 e. The Kier molecular flexibility index (Phi) is 7.30. The van der Waals surface area contributed by atoms with Gasteiger partial charge in [0.05, 0.1) is 22.7 Å². The Morgan fingerprint density at radius 2 is 1.69 bits per heavy atom. The van der Waals surface area contributed by atoms with E-state index in [0.29, 0.717) is 21.6 Å². The van der Waals surface area contributed by atoms with Gasteiger partial charge in [-0.25, -0.2) is 0 Å². The molecule has 2 fully saturated rings. The van der Waals surface area contributed by atoms with E-state index in [4.69, 9.17) is 16.3 Å². The summed E-state index contributed by atoms with van der Waals surface area (Å²) in [7, 11) is 0. The van der Waals surface area contributed by atoms with Gasteiger partial charge >= 0.3 is 0 Å². The Hall–Kier alpha value is -3.38. The number of likely N-dealkylation sites (tertiary alicyclic amines) is 1. The summed E-state index contributed by atoms with van der Waals surface area (Å²) < 4.78 is 6.17. The Balaban J connectivity index is 1.05. The van der Waals surface area contributed by atoms with Gasteiger partial charge in [0.1, 0.15) is 5.75 Å². The van der Waals surface area contributed by atoms with Crippen molar-refractivity contribution in [2.75, 3.05) is 13.1 Å². The topological polar surface area (TPSA) is 71.5 Å².